The number of esters is 1. The number of carbonyl (C=O) groups excluding carboxylic acids is 2. The minimum atomic E-state index is -0.445. The summed E-state index contributed by atoms with van der Waals surface area (Å²) in [6.07, 6.45) is 0.240. The number of rotatable bonds is 10. The van der Waals surface area contributed by atoms with E-state index in [1.165, 1.54) is 0 Å². The molecule has 1 amide bonds. The maximum absolute atomic E-state index is 12.2. The summed E-state index contributed by atoms with van der Waals surface area (Å²) < 4.78 is 15.4. The highest BCUT2D eigenvalue weighted by atomic mass is 35.5. The Hall–Kier alpha value is -2.93. The average Bonchev–Trinajstić information content (AvgIpc) is 2.67. The van der Waals surface area contributed by atoms with Crippen LogP contribution in [0.4, 0.5) is 11.4 Å². The van der Waals surface area contributed by atoms with Gasteiger partial charge < -0.3 is 24.8 Å². The molecule has 28 heavy (non-hydrogen) atoms. The second-order valence-electron chi connectivity index (χ2n) is 5.69. The molecule has 0 heterocycles. The predicted molar refractivity (Wildman–Crippen MR) is 108 cm³/mol. The summed E-state index contributed by atoms with van der Waals surface area (Å²) in [4.78, 5) is 23.5. The van der Waals surface area contributed by atoms with Crippen LogP contribution in [0.15, 0.2) is 42.5 Å². The van der Waals surface area contributed by atoms with Crippen molar-refractivity contribution in [1.82, 2.24) is 0 Å². The molecule has 0 bridgehead atoms. The zero-order valence-corrected chi connectivity index (χ0v) is 16.5. The molecule has 0 spiro atoms. The zero-order chi connectivity index (χ0) is 20.4. The molecule has 2 N–H and O–H groups in total. The summed E-state index contributed by atoms with van der Waals surface area (Å²) in [5.74, 6) is 0.499. The third kappa shape index (κ3) is 7.00. The second kappa shape index (κ2) is 11.0. The summed E-state index contributed by atoms with van der Waals surface area (Å²) in [7, 11) is 1.57. The first-order valence-corrected chi connectivity index (χ1v) is 9.15. The fraction of sp³-hybridized carbons (Fsp3) is 0.300. The summed E-state index contributed by atoms with van der Waals surface area (Å²) in [5, 5.41) is 6.50. The SMILES string of the molecule is CCOC(=O)COc1cccc(NC(=O)CCNc2cc(Cl)ccc2OC)c1. The van der Waals surface area contributed by atoms with Gasteiger partial charge in [0.2, 0.25) is 5.91 Å². The summed E-state index contributed by atoms with van der Waals surface area (Å²) in [5.41, 5.74) is 1.30. The normalized spacial score (nSPS) is 10.1. The number of benzene rings is 2. The van der Waals surface area contributed by atoms with Gasteiger partial charge in [-0.1, -0.05) is 17.7 Å². The lowest BCUT2D eigenvalue weighted by Crippen LogP contribution is -2.17. The fourth-order valence-electron chi connectivity index (χ4n) is 2.36. The number of hydrogen-bond acceptors (Lipinski definition) is 6. The van der Waals surface area contributed by atoms with E-state index < -0.39 is 5.97 Å². The van der Waals surface area contributed by atoms with Crippen molar-refractivity contribution < 1.29 is 23.8 Å². The number of amides is 1. The smallest absolute Gasteiger partial charge is 0.344 e. The highest BCUT2D eigenvalue weighted by Crippen LogP contribution is 2.27. The molecule has 0 atom stereocenters. The van der Waals surface area contributed by atoms with Gasteiger partial charge in [-0.15, -0.1) is 0 Å². The van der Waals surface area contributed by atoms with Crippen LogP contribution in [0.1, 0.15) is 13.3 Å². The summed E-state index contributed by atoms with van der Waals surface area (Å²) in [6, 6.07) is 12.0. The monoisotopic (exact) mass is 406 g/mol. The maximum atomic E-state index is 12.2. The van der Waals surface area contributed by atoms with Crippen molar-refractivity contribution in [3.63, 3.8) is 0 Å². The molecule has 2 aromatic carbocycles. The van der Waals surface area contributed by atoms with Gasteiger partial charge in [0.15, 0.2) is 6.61 Å². The van der Waals surface area contributed by atoms with Gasteiger partial charge in [0.05, 0.1) is 19.4 Å². The first kappa shape index (κ1) is 21.4. The van der Waals surface area contributed by atoms with Gasteiger partial charge in [-0.3, -0.25) is 4.79 Å². The van der Waals surface area contributed by atoms with Gasteiger partial charge in [0.25, 0.3) is 0 Å². The minimum Gasteiger partial charge on any atom is -0.495 e. The number of ether oxygens (including phenoxy) is 3. The van der Waals surface area contributed by atoms with Crippen LogP contribution in [0.5, 0.6) is 11.5 Å². The first-order chi connectivity index (χ1) is 13.5. The minimum absolute atomic E-state index is 0.170. The van der Waals surface area contributed by atoms with Crippen LogP contribution in [0.3, 0.4) is 0 Å². The van der Waals surface area contributed by atoms with Gasteiger partial charge in [0.1, 0.15) is 11.5 Å². The predicted octanol–water partition coefficient (Wildman–Crippen LogP) is 3.73. The number of hydrogen-bond donors (Lipinski definition) is 2. The fourth-order valence-corrected chi connectivity index (χ4v) is 2.53. The molecule has 0 fully saturated rings. The topological polar surface area (TPSA) is 85.9 Å². The van der Waals surface area contributed by atoms with E-state index in [-0.39, 0.29) is 18.9 Å². The number of halogens is 1. The Morgan fingerprint density at radius 3 is 2.71 bits per heavy atom. The molecule has 0 aliphatic carbocycles. The van der Waals surface area contributed by atoms with Crippen molar-refractivity contribution in [2.75, 3.05) is 37.5 Å². The van der Waals surface area contributed by atoms with E-state index in [0.29, 0.717) is 35.4 Å². The maximum Gasteiger partial charge on any atom is 0.344 e. The largest absolute Gasteiger partial charge is 0.495 e. The first-order valence-electron chi connectivity index (χ1n) is 8.77. The second-order valence-corrected chi connectivity index (χ2v) is 6.13. The lowest BCUT2D eigenvalue weighted by molar-refractivity contribution is -0.145. The van der Waals surface area contributed by atoms with Crippen molar-refractivity contribution in [3.8, 4) is 11.5 Å². The lowest BCUT2D eigenvalue weighted by atomic mass is 10.2. The van der Waals surface area contributed by atoms with Crippen molar-refractivity contribution in [3.05, 3.63) is 47.5 Å². The highest BCUT2D eigenvalue weighted by molar-refractivity contribution is 6.30. The van der Waals surface area contributed by atoms with Crippen LogP contribution in [0.2, 0.25) is 5.02 Å². The number of nitrogens with one attached hydrogen (secondary N) is 2. The van der Waals surface area contributed by atoms with Gasteiger partial charge in [0, 0.05) is 29.7 Å². The molecule has 0 radical (unpaired) electrons. The Kier molecular flexibility index (Phi) is 8.42. The lowest BCUT2D eigenvalue weighted by Gasteiger charge is -2.12. The molecule has 2 aromatic rings. The van der Waals surface area contributed by atoms with E-state index in [2.05, 4.69) is 10.6 Å². The van der Waals surface area contributed by atoms with Crippen LogP contribution >= 0.6 is 11.6 Å². The molecule has 0 aliphatic heterocycles. The molecule has 0 saturated carbocycles. The Bertz CT molecular complexity index is 813. The van der Waals surface area contributed by atoms with E-state index in [4.69, 9.17) is 25.8 Å². The molecular formula is C20H23ClN2O5. The van der Waals surface area contributed by atoms with Crippen molar-refractivity contribution >= 4 is 34.9 Å². The number of anilines is 2. The van der Waals surface area contributed by atoms with E-state index in [1.807, 2.05) is 0 Å². The zero-order valence-electron chi connectivity index (χ0n) is 15.8. The number of methoxy groups -OCH3 is 1. The molecule has 7 nitrogen and oxygen atoms in total. The molecule has 0 aliphatic rings. The third-order valence-corrected chi connectivity index (χ3v) is 3.84. The van der Waals surface area contributed by atoms with Gasteiger partial charge >= 0.3 is 5.97 Å². The van der Waals surface area contributed by atoms with Crippen LogP contribution in [0.25, 0.3) is 0 Å². The summed E-state index contributed by atoms with van der Waals surface area (Å²) >= 11 is 5.98. The third-order valence-electron chi connectivity index (χ3n) is 3.61. The molecule has 150 valence electrons. The molecule has 0 aromatic heterocycles. The van der Waals surface area contributed by atoms with Crippen LogP contribution in [-0.2, 0) is 14.3 Å². The van der Waals surface area contributed by atoms with Crippen LogP contribution in [0, 0.1) is 0 Å². The standard InChI is InChI=1S/C20H23ClN2O5/c1-3-27-20(25)13-28-16-6-4-5-15(12-16)23-19(24)9-10-22-17-11-14(21)7-8-18(17)26-2/h4-8,11-12,22H,3,9-10,13H2,1-2H3,(H,23,24). The molecule has 0 saturated heterocycles. The molecule has 2 rings (SSSR count). The molecule has 0 unspecified atom stereocenters. The van der Waals surface area contributed by atoms with Crippen LogP contribution < -0.4 is 20.1 Å². The van der Waals surface area contributed by atoms with E-state index >= 15 is 0 Å². The van der Waals surface area contributed by atoms with E-state index in [9.17, 15) is 9.59 Å². The Morgan fingerprint density at radius 1 is 1.14 bits per heavy atom. The van der Waals surface area contributed by atoms with Gasteiger partial charge in [-0.25, -0.2) is 4.79 Å². The van der Waals surface area contributed by atoms with Gasteiger partial charge in [-0.05, 0) is 37.3 Å². The average molecular weight is 407 g/mol. The summed E-state index contributed by atoms with van der Waals surface area (Å²) in [6.45, 7) is 2.25. The molecule has 8 heteroatoms. The van der Waals surface area contributed by atoms with Crippen molar-refractivity contribution in [1.29, 1.82) is 0 Å². The number of carbonyl (C=O) groups is 2. The van der Waals surface area contributed by atoms with Gasteiger partial charge in [-0.2, -0.15) is 0 Å². The van der Waals surface area contributed by atoms with E-state index in [1.54, 1.807) is 56.5 Å². The van der Waals surface area contributed by atoms with E-state index in [0.717, 1.165) is 5.69 Å². The van der Waals surface area contributed by atoms with Crippen molar-refractivity contribution in [2.24, 2.45) is 0 Å². The Balaban J connectivity index is 1.82. The molecular weight excluding hydrogens is 384 g/mol. The Labute approximate surface area is 168 Å². The van der Waals surface area contributed by atoms with Crippen LogP contribution in [-0.4, -0.2) is 38.7 Å². The quantitative estimate of drug-likeness (QED) is 0.585. The highest BCUT2D eigenvalue weighted by Gasteiger charge is 2.07. The Morgan fingerprint density at radius 2 is 1.96 bits per heavy atom. The van der Waals surface area contributed by atoms with Crippen molar-refractivity contribution in [2.45, 2.75) is 13.3 Å².